The molecular formula is C24H30N2O5. The van der Waals surface area contributed by atoms with Crippen molar-refractivity contribution in [3.8, 4) is 17.2 Å². The van der Waals surface area contributed by atoms with Gasteiger partial charge in [0.15, 0.2) is 11.5 Å². The molecule has 1 N–H and O–H groups in total. The summed E-state index contributed by atoms with van der Waals surface area (Å²) in [7, 11) is 1.61. The molecule has 7 nitrogen and oxygen atoms in total. The number of hydrogen-bond acceptors (Lipinski definition) is 5. The zero-order valence-corrected chi connectivity index (χ0v) is 18.5. The molecule has 2 aromatic rings. The molecule has 166 valence electrons. The van der Waals surface area contributed by atoms with Gasteiger partial charge in [-0.05, 0) is 62.6 Å². The van der Waals surface area contributed by atoms with E-state index in [1.807, 2.05) is 56.3 Å². The van der Waals surface area contributed by atoms with Gasteiger partial charge >= 0.3 is 0 Å². The molecule has 0 radical (unpaired) electrons. The summed E-state index contributed by atoms with van der Waals surface area (Å²) in [6.07, 6.45) is 0.836. The third-order valence-electron chi connectivity index (χ3n) is 5.17. The molecule has 2 amide bonds. The molecule has 1 heterocycles. The van der Waals surface area contributed by atoms with Crippen LogP contribution in [0, 0.1) is 0 Å². The van der Waals surface area contributed by atoms with Gasteiger partial charge in [0.05, 0.1) is 7.11 Å². The van der Waals surface area contributed by atoms with Crippen LogP contribution in [0.2, 0.25) is 0 Å². The second-order valence-electron chi connectivity index (χ2n) is 7.90. The third kappa shape index (κ3) is 5.90. The van der Waals surface area contributed by atoms with E-state index < -0.39 is 6.04 Å². The maximum absolute atomic E-state index is 13.2. The number of rotatable bonds is 9. The summed E-state index contributed by atoms with van der Waals surface area (Å²) in [6.45, 7) is 6.13. The average molecular weight is 427 g/mol. The Bertz CT molecular complexity index is 911. The summed E-state index contributed by atoms with van der Waals surface area (Å²) in [5, 5.41) is 2.90. The van der Waals surface area contributed by atoms with Gasteiger partial charge in [-0.25, -0.2) is 0 Å². The highest BCUT2D eigenvalue weighted by molar-refractivity contribution is 5.87. The lowest BCUT2D eigenvalue weighted by molar-refractivity contribution is -0.140. The summed E-state index contributed by atoms with van der Waals surface area (Å²) >= 11 is 0. The molecule has 1 aliphatic rings. The molecule has 0 fully saturated rings. The van der Waals surface area contributed by atoms with E-state index in [9.17, 15) is 9.59 Å². The average Bonchev–Trinajstić information content (AvgIpc) is 3.23. The molecule has 3 rings (SSSR count). The van der Waals surface area contributed by atoms with Crippen LogP contribution in [0.5, 0.6) is 17.2 Å². The van der Waals surface area contributed by atoms with Crippen molar-refractivity contribution < 1.29 is 23.8 Å². The highest BCUT2D eigenvalue weighted by atomic mass is 16.7. The topological polar surface area (TPSA) is 77.1 Å². The van der Waals surface area contributed by atoms with Gasteiger partial charge in [0.2, 0.25) is 18.6 Å². The summed E-state index contributed by atoms with van der Waals surface area (Å²) in [5.74, 6) is 1.91. The fourth-order valence-corrected chi connectivity index (χ4v) is 3.41. The quantitative estimate of drug-likeness (QED) is 0.666. The molecule has 0 saturated heterocycles. The number of amides is 2. The zero-order valence-electron chi connectivity index (χ0n) is 18.5. The first kappa shape index (κ1) is 22.5. The van der Waals surface area contributed by atoms with Gasteiger partial charge in [-0.2, -0.15) is 0 Å². The number of ether oxygens (including phenoxy) is 3. The minimum Gasteiger partial charge on any atom is -0.497 e. The molecule has 31 heavy (non-hydrogen) atoms. The molecule has 1 atom stereocenters. The second-order valence-corrected chi connectivity index (χ2v) is 7.90. The zero-order chi connectivity index (χ0) is 22.4. The molecule has 0 unspecified atom stereocenters. The Morgan fingerprint density at radius 3 is 2.39 bits per heavy atom. The number of hydrogen-bond donors (Lipinski definition) is 1. The predicted molar refractivity (Wildman–Crippen MR) is 117 cm³/mol. The smallest absolute Gasteiger partial charge is 0.242 e. The summed E-state index contributed by atoms with van der Waals surface area (Å²) in [5.41, 5.74) is 1.92. The van der Waals surface area contributed by atoms with Crippen LogP contribution in [0.1, 0.15) is 38.3 Å². The predicted octanol–water partition coefficient (Wildman–Crippen LogP) is 3.30. The van der Waals surface area contributed by atoms with E-state index in [0.29, 0.717) is 18.7 Å². The van der Waals surface area contributed by atoms with E-state index in [1.165, 1.54) is 0 Å². The van der Waals surface area contributed by atoms with Crippen LogP contribution in [0.3, 0.4) is 0 Å². The lowest BCUT2D eigenvalue weighted by Crippen LogP contribution is -2.49. The minimum atomic E-state index is -0.589. The number of benzene rings is 2. The van der Waals surface area contributed by atoms with Crippen LogP contribution in [0.15, 0.2) is 42.5 Å². The Balaban J connectivity index is 1.71. The van der Waals surface area contributed by atoms with E-state index in [2.05, 4.69) is 5.32 Å². The molecule has 2 aromatic carbocycles. The van der Waals surface area contributed by atoms with Crippen molar-refractivity contribution in [2.75, 3.05) is 13.9 Å². The highest BCUT2D eigenvalue weighted by Gasteiger charge is 2.26. The number of nitrogens with zero attached hydrogens (tertiary/aromatic N) is 1. The third-order valence-corrected chi connectivity index (χ3v) is 5.17. The van der Waals surface area contributed by atoms with Crippen molar-refractivity contribution in [3.05, 3.63) is 53.6 Å². The monoisotopic (exact) mass is 426 g/mol. The Kier molecular flexibility index (Phi) is 7.39. The van der Waals surface area contributed by atoms with E-state index in [0.717, 1.165) is 22.6 Å². The molecule has 0 spiro atoms. The van der Waals surface area contributed by atoms with E-state index in [4.69, 9.17) is 14.2 Å². The normalized spacial score (nSPS) is 13.1. The van der Waals surface area contributed by atoms with Crippen LogP contribution in [0.25, 0.3) is 0 Å². The van der Waals surface area contributed by atoms with Crippen molar-refractivity contribution >= 4 is 11.8 Å². The molecule has 0 aliphatic carbocycles. The molecule has 0 saturated carbocycles. The van der Waals surface area contributed by atoms with Gasteiger partial charge in [-0.1, -0.05) is 18.2 Å². The molecule has 0 bridgehead atoms. The van der Waals surface area contributed by atoms with Gasteiger partial charge in [0.25, 0.3) is 0 Å². The summed E-state index contributed by atoms with van der Waals surface area (Å²) in [4.78, 5) is 27.4. The standard InChI is InChI=1S/C24H30N2O5/c1-16(2)25-24(28)17(3)26(14-19-5-9-20(29-4)10-6-19)23(27)12-8-18-7-11-21-22(13-18)31-15-30-21/h5-7,9-11,13,16-17H,8,12,14-15H2,1-4H3,(H,25,28)/t17-/m0/s1. The first-order valence-corrected chi connectivity index (χ1v) is 10.5. The van der Waals surface area contributed by atoms with Crippen LogP contribution in [-0.2, 0) is 22.6 Å². The minimum absolute atomic E-state index is 0.00141. The summed E-state index contributed by atoms with van der Waals surface area (Å²) in [6, 6.07) is 12.6. The van der Waals surface area contributed by atoms with Gasteiger partial charge in [0.1, 0.15) is 11.8 Å². The molecular weight excluding hydrogens is 396 g/mol. The largest absolute Gasteiger partial charge is 0.497 e. The second kappa shape index (κ2) is 10.2. The van der Waals surface area contributed by atoms with Gasteiger partial charge in [0, 0.05) is 19.0 Å². The SMILES string of the molecule is COc1ccc(CN(C(=O)CCc2ccc3c(c2)OCO3)[C@@H](C)C(=O)NC(C)C)cc1. The first-order chi connectivity index (χ1) is 14.9. The van der Waals surface area contributed by atoms with Crippen molar-refractivity contribution in [3.63, 3.8) is 0 Å². The van der Waals surface area contributed by atoms with Crippen molar-refractivity contribution in [1.29, 1.82) is 0 Å². The van der Waals surface area contributed by atoms with E-state index >= 15 is 0 Å². The maximum atomic E-state index is 13.2. The number of fused-ring (bicyclic) bond motifs is 1. The lowest BCUT2D eigenvalue weighted by Gasteiger charge is -2.29. The van der Waals surface area contributed by atoms with Crippen LogP contribution in [-0.4, -0.2) is 42.7 Å². The van der Waals surface area contributed by atoms with Crippen molar-refractivity contribution in [2.24, 2.45) is 0 Å². The molecule has 1 aliphatic heterocycles. The number of carbonyl (C=O) groups is 2. The highest BCUT2D eigenvalue weighted by Crippen LogP contribution is 2.32. The van der Waals surface area contributed by atoms with Crippen LogP contribution in [0.4, 0.5) is 0 Å². The Morgan fingerprint density at radius 1 is 1.03 bits per heavy atom. The van der Waals surface area contributed by atoms with Crippen LogP contribution < -0.4 is 19.5 Å². The van der Waals surface area contributed by atoms with Gasteiger partial charge in [-0.3, -0.25) is 9.59 Å². The molecule has 7 heteroatoms. The van der Waals surface area contributed by atoms with E-state index in [-0.39, 0.29) is 31.1 Å². The number of aryl methyl sites for hydroxylation is 1. The van der Waals surface area contributed by atoms with Gasteiger partial charge in [-0.15, -0.1) is 0 Å². The Labute approximate surface area is 183 Å². The fourth-order valence-electron chi connectivity index (χ4n) is 3.41. The number of methoxy groups -OCH3 is 1. The lowest BCUT2D eigenvalue weighted by atomic mass is 10.1. The Hall–Kier alpha value is -3.22. The molecule has 0 aromatic heterocycles. The first-order valence-electron chi connectivity index (χ1n) is 10.5. The number of nitrogens with one attached hydrogen (secondary N) is 1. The fraction of sp³-hybridized carbons (Fsp3) is 0.417. The van der Waals surface area contributed by atoms with Crippen molar-refractivity contribution in [2.45, 2.75) is 52.2 Å². The van der Waals surface area contributed by atoms with Crippen LogP contribution >= 0.6 is 0 Å². The Morgan fingerprint density at radius 2 is 1.71 bits per heavy atom. The van der Waals surface area contributed by atoms with Crippen molar-refractivity contribution in [1.82, 2.24) is 10.2 Å². The maximum Gasteiger partial charge on any atom is 0.242 e. The summed E-state index contributed by atoms with van der Waals surface area (Å²) < 4.78 is 16.0. The van der Waals surface area contributed by atoms with Gasteiger partial charge < -0.3 is 24.4 Å². The van der Waals surface area contributed by atoms with E-state index in [1.54, 1.807) is 18.9 Å². The number of carbonyl (C=O) groups excluding carboxylic acids is 2.